The van der Waals surface area contributed by atoms with Gasteiger partial charge in [0, 0.05) is 6.26 Å². The maximum Gasteiger partial charge on any atom is 0.276 e. The topological polar surface area (TPSA) is 29.5 Å². The van der Waals surface area contributed by atoms with E-state index in [4.69, 9.17) is 4.74 Å². The van der Waals surface area contributed by atoms with Gasteiger partial charge >= 0.3 is 0 Å². The minimum absolute atomic E-state index is 0.0130. The van der Waals surface area contributed by atoms with Gasteiger partial charge in [0.05, 0.1) is 0 Å². The van der Waals surface area contributed by atoms with Crippen LogP contribution < -0.4 is 4.74 Å². The molecule has 3 nitrogen and oxygen atoms in total. The number of rotatable bonds is 5. The molecule has 2 atom stereocenters. The molecule has 0 aliphatic carbocycles. The molecule has 4 heteroatoms. The Bertz CT molecular complexity index is 657. The molecule has 112 valence electrons. The Morgan fingerprint density at radius 2 is 1.68 bits per heavy atom. The highest BCUT2D eigenvalue weighted by molar-refractivity contribution is 7.96. The number of para-hydroxylation sites is 1. The van der Waals surface area contributed by atoms with Crippen molar-refractivity contribution < 1.29 is 9.53 Å². The molecule has 0 N–H and O–H groups in total. The highest BCUT2D eigenvalue weighted by Crippen LogP contribution is 2.31. The number of amides is 1. The Morgan fingerprint density at radius 1 is 1.05 bits per heavy atom. The van der Waals surface area contributed by atoms with Crippen molar-refractivity contribution in [1.82, 2.24) is 4.31 Å². The lowest BCUT2D eigenvalue weighted by atomic mass is 10.0. The summed E-state index contributed by atoms with van der Waals surface area (Å²) < 4.78 is 7.58. The number of carbonyl (C=O) groups is 1. The third-order valence-electron chi connectivity index (χ3n) is 3.53. The summed E-state index contributed by atoms with van der Waals surface area (Å²) in [6.07, 6.45) is 5.51. The Morgan fingerprint density at radius 3 is 2.32 bits per heavy atom. The van der Waals surface area contributed by atoms with Crippen LogP contribution in [0.2, 0.25) is 0 Å². The number of carbonyl (C=O) groups excluding carboxylic acids is 1. The van der Waals surface area contributed by atoms with Crippen molar-refractivity contribution in [2.24, 2.45) is 0 Å². The van der Waals surface area contributed by atoms with E-state index in [0.29, 0.717) is 0 Å². The molecular weight excluding hydrogens is 294 g/mol. The molecule has 0 bridgehead atoms. The predicted molar refractivity (Wildman–Crippen MR) is 90.5 cm³/mol. The third-order valence-corrected chi connectivity index (χ3v) is 4.35. The highest BCUT2D eigenvalue weighted by Gasteiger charge is 2.48. The molecule has 0 radical (unpaired) electrons. The fourth-order valence-corrected chi connectivity index (χ4v) is 3.10. The van der Waals surface area contributed by atoms with Gasteiger partial charge in [-0.2, -0.15) is 0 Å². The molecule has 1 fully saturated rings. The molecule has 3 rings (SSSR count). The fourth-order valence-electron chi connectivity index (χ4n) is 2.39. The van der Waals surface area contributed by atoms with Crippen LogP contribution in [-0.4, -0.2) is 28.6 Å². The van der Waals surface area contributed by atoms with E-state index in [1.807, 2.05) is 79.1 Å². The third kappa shape index (κ3) is 3.02. The van der Waals surface area contributed by atoms with Crippen LogP contribution in [-0.2, 0) is 4.79 Å². The van der Waals surface area contributed by atoms with Gasteiger partial charge in [0.2, 0.25) is 6.10 Å². The first kappa shape index (κ1) is 14.7. The highest BCUT2D eigenvalue weighted by atomic mass is 32.2. The molecule has 2 aromatic carbocycles. The smallest absolute Gasteiger partial charge is 0.276 e. The molecule has 0 aromatic heterocycles. The predicted octanol–water partition coefficient (Wildman–Crippen LogP) is 3.64. The summed E-state index contributed by atoms with van der Waals surface area (Å²) in [7, 11) is 0. The van der Waals surface area contributed by atoms with Gasteiger partial charge in [-0.1, -0.05) is 72.6 Å². The van der Waals surface area contributed by atoms with Gasteiger partial charge in [0.25, 0.3) is 5.91 Å². The minimum atomic E-state index is -0.449. The van der Waals surface area contributed by atoms with Crippen LogP contribution >= 0.6 is 11.9 Å². The SMILES string of the molecule is CSN1C(=O)[C@H](Oc2ccccc2)[C@@H]1/C=C/c1ccccc1. The van der Waals surface area contributed by atoms with Crippen LogP contribution in [0.4, 0.5) is 0 Å². The maximum atomic E-state index is 12.2. The van der Waals surface area contributed by atoms with Crippen LogP contribution in [0.15, 0.2) is 66.7 Å². The van der Waals surface area contributed by atoms with Crippen molar-refractivity contribution in [3.63, 3.8) is 0 Å². The molecule has 1 saturated heterocycles. The molecule has 1 aliphatic heterocycles. The average Bonchev–Trinajstić information content (AvgIpc) is 2.58. The van der Waals surface area contributed by atoms with Gasteiger partial charge in [0.1, 0.15) is 11.8 Å². The summed E-state index contributed by atoms with van der Waals surface area (Å²) in [4.78, 5) is 12.2. The van der Waals surface area contributed by atoms with Crippen LogP contribution in [0.5, 0.6) is 5.75 Å². The minimum Gasteiger partial charge on any atom is -0.478 e. The van der Waals surface area contributed by atoms with Crippen molar-refractivity contribution in [2.75, 3.05) is 6.26 Å². The van der Waals surface area contributed by atoms with Gasteiger partial charge in [-0.25, -0.2) is 0 Å². The first-order valence-corrected chi connectivity index (χ1v) is 8.30. The summed E-state index contributed by atoms with van der Waals surface area (Å²) in [5.41, 5.74) is 1.11. The van der Waals surface area contributed by atoms with Gasteiger partial charge in [0.15, 0.2) is 0 Å². The number of β-lactam (4-membered cyclic amide) rings is 1. The largest absolute Gasteiger partial charge is 0.478 e. The average molecular weight is 311 g/mol. The van der Waals surface area contributed by atoms with Gasteiger partial charge in [-0.3, -0.25) is 9.10 Å². The van der Waals surface area contributed by atoms with E-state index in [9.17, 15) is 4.79 Å². The first-order chi connectivity index (χ1) is 10.8. The second-order valence-electron chi connectivity index (χ2n) is 4.96. The van der Waals surface area contributed by atoms with Crippen molar-refractivity contribution >= 4 is 23.9 Å². The quantitative estimate of drug-likeness (QED) is 0.624. The van der Waals surface area contributed by atoms with E-state index in [1.165, 1.54) is 11.9 Å². The van der Waals surface area contributed by atoms with E-state index in [1.54, 1.807) is 4.31 Å². The summed E-state index contributed by atoms with van der Waals surface area (Å²) >= 11 is 1.43. The molecule has 0 unspecified atom stereocenters. The summed E-state index contributed by atoms with van der Waals surface area (Å²) in [6, 6.07) is 19.5. The van der Waals surface area contributed by atoms with Crippen molar-refractivity contribution in [1.29, 1.82) is 0 Å². The lowest BCUT2D eigenvalue weighted by Gasteiger charge is -2.43. The summed E-state index contributed by atoms with van der Waals surface area (Å²) in [6.45, 7) is 0. The van der Waals surface area contributed by atoms with Gasteiger partial charge < -0.3 is 4.74 Å². The monoisotopic (exact) mass is 311 g/mol. The van der Waals surface area contributed by atoms with Crippen molar-refractivity contribution in [2.45, 2.75) is 12.1 Å². The van der Waals surface area contributed by atoms with E-state index in [2.05, 4.69) is 0 Å². The Hall–Kier alpha value is -2.20. The Kier molecular flexibility index (Phi) is 4.49. The fraction of sp³-hybridized carbons (Fsp3) is 0.167. The standard InChI is InChI=1S/C18H17NO2S/c1-22-19-16(13-12-14-8-4-2-5-9-14)17(18(19)20)21-15-10-6-3-7-11-15/h2-13,16-17H,1H3/b13-12+/t16-,17+/m0/s1. The lowest BCUT2D eigenvalue weighted by molar-refractivity contribution is -0.148. The normalized spacial score (nSPS) is 21.0. The molecule has 0 saturated carbocycles. The first-order valence-electron chi connectivity index (χ1n) is 7.12. The van der Waals surface area contributed by atoms with Gasteiger partial charge in [-0.15, -0.1) is 0 Å². The summed E-state index contributed by atoms with van der Waals surface area (Å²) in [5, 5.41) is 0. The van der Waals surface area contributed by atoms with Crippen molar-refractivity contribution in [3.8, 4) is 5.75 Å². The second kappa shape index (κ2) is 6.71. The van der Waals surface area contributed by atoms with Gasteiger partial charge in [-0.05, 0) is 17.7 Å². The Labute approximate surface area is 134 Å². The van der Waals surface area contributed by atoms with E-state index in [0.717, 1.165) is 11.3 Å². The maximum absolute atomic E-state index is 12.2. The second-order valence-corrected chi connectivity index (χ2v) is 5.72. The van der Waals surface area contributed by atoms with E-state index in [-0.39, 0.29) is 11.9 Å². The number of nitrogens with zero attached hydrogens (tertiary/aromatic N) is 1. The molecular formula is C18H17NO2S. The van der Waals surface area contributed by atoms with Crippen LogP contribution in [0.3, 0.4) is 0 Å². The summed E-state index contributed by atoms with van der Waals surface area (Å²) in [5.74, 6) is 0.735. The molecule has 1 aliphatic rings. The number of ether oxygens (including phenoxy) is 1. The number of benzene rings is 2. The van der Waals surface area contributed by atoms with Crippen LogP contribution in [0, 0.1) is 0 Å². The van der Waals surface area contributed by atoms with Crippen LogP contribution in [0.1, 0.15) is 5.56 Å². The lowest BCUT2D eigenvalue weighted by Crippen LogP contribution is -2.63. The Balaban J connectivity index is 1.74. The molecule has 1 amide bonds. The number of hydrogen-bond acceptors (Lipinski definition) is 3. The van der Waals surface area contributed by atoms with E-state index < -0.39 is 6.10 Å². The van der Waals surface area contributed by atoms with Crippen molar-refractivity contribution in [3.05, 3.63) is 72.3 Å². The van der Waals surface area contributed by atoms with Crippen LogP contribution in [0.25, 0.3) is 6.08 Å². The number of hydrogen-bond donors (Lipinski definition) is 0. The zero-order valence-electron chi connectivity index (χ0n) is 12.3. The zero-order chi connectivity index (χ0) is 15.4. The zero-order valence-corrected chi connectivity index (χ0v) is 13.1. The molecule has 0 spiro atoms. The van der Waals surface area contributed by atoms with E-state index >= 15 is 0 Å². The molecule has 22 heavy (non-hydrogen) atoms. The molecule has 1 heterocycles. The molecule has 2 aromatic rings.